The molecule has 3 N–H and O–H groups in total. The van der Waals surface area contributed by atoms with E-state index in [1.807, 2.05) is 77.1 Å². The molecule has 2 aliphatic rings. The maximum atomic E-state index is 14.5. The number of benzene rings is 3. The van der Waals surface area contributed by atoms with Crippen LogP contribution in [0.2, 0.25) is 0 Å². The van der Waals surface area contributed by atoms with Crippen molar-refractivity contribution >= 4 is 91.9 Å². The molecule has 0 saturated carbocycles. The van der Waals surface area contributed by atoms with Gasteiger partial charge in [0, 0.05) is 85.7 Å². The van der Waals surface area contributed by atoms with Gasteiger partial charge in [0.2, 0.25) is 17.7 Å². The molecule has 4 heterocycles. The van der Waals surface area contributed by atoms with Crippen LogP contribution in [0.3, 0.4) is 0 Å². The smallest absolute Gasteiger partial charge is 0.257 e. The van der Waals surface area contributed by atoms with Gasteiger partial charge in [-0.25, -0.2) is 9.97 Å². The Labute approximate surface area is 486 Å². The number of methoxy groups -OCH3 is 1. The molecule has 0 unspecified atom stereocenters. The number of ether oxygens (including phenoxy) is 2. The number of carbonyl (C=O) groups excluding carboxylic acids is 6. The minimum Gasteiger partial charge on any atom is -0.496 e. The summed E-state index contributed by atoms with van der Waals surface area (Å²) in [6, 6.07) is 15.0. The molecule has 426 valence electrons. The van der Waals surface area contributed by atoms with Crippen LogP contribution in [0, 0.1) is 24.7 Å². The van der Waals surface area contributed by atoms with Gasteiger partial charge in [0.1, 0.15) is 11.5 Å². The molecule has 6 amide bonds. The first-order valence-electron chi connectivity index (χ1n) is 26.7. The molecule has 0 bridgehead atoms. The second-order valence-electron chi connectivity index (χ2n) is 21.5. The molecule has 1 atom stereocenters. The zero-order valence-electron chi connectivity index (χ0n) is 47.2. The number of aromatic nitrogens is 2. The van der Waals surface area contributed by atoms with Crippen LogP contribution in [0.5, 0.6) is 11.5 Å². The van der Waals surface area contributed by atoms with E-state index < -0.39 is 5.41 Å². The van der Waals surface area contributed by atoms with Gasteiger partial charge in [0.25, 0.3) is 17.7 Å². The number of rotatable bonds is 20. The average molecular weight is 1160 g/mol. The van der Waals surface area contributed by atoms with E-state index >= 15 is 0 Å². The Hall–Kier alpha value is -6.52. The molecule has 2 saturated heterocycles. The summed E-state index contributed by atoms with van der Waals surface area (Å²) in [5.74, 6) is -0.0989. The highest BCUT2D eigenvalue weighted by atomic mass is 32.2. The van der Waals surface area contributed by atoms with E-state index in [0.29, 0.717) is 123 Å². The molecule has 21 heteroatoms. The van der Waals surface area contributed by atoms with Crippen LogP contribution in [-0.2, 0) is 20.9 Å². The SMILES string of the molecule is C=CC(=O)N1CCCN(C(=O)c2cc(Sc3cnc(NC(=O)c4cccc(CN[C@H](C)C(C)(C)CCOc5cc(C)c(Sc6cnc(NC(=O)C(C)(C)C)s6)cc5C(=O)N5CCCN(C(=O)C=C)CC5)c4)s3)c(C)cc2OC)CC1. The fourth-order valence-corrected chi connectivity index (χ4v) is 12.7. The van der Waals surface area contributed by atoms with Gasteiger partial charge in [-0.1, -0.05) is 106 Å². The first-order chi connectivity index (χ1) is 38.1. The Bertz CT molecular complexity index is 3110. The molecule has 7 rings (SSSR count). The summed E-state index contributed by atoms with van der Waals surface area (Å²) >= 11 is 5.64. The number of nitrogens with one attached hydrogen (secondary N) is 3. The van der Waals surface area contributed by atoms with Crippen molar-refractivity contribution in [1.29, 1.82) is 0 Å². The van der Waals surface area contributed by atoms with E-state index in [9.17, 15) is 28.8 Å². The lowest BCUT2D eigenvalue weighted by Crippen LogP contribution is -2.40. The third kappa shape index (κ3) is 15.9. The van der Waals surface area contributed by atoms with Crippen LogP contribution >= 0.6 is 46.2 Å². The van der Waals surface area contributed by atoms with Crippen molar-refractivity contribution in [2.75, 3.05) is 76.7 Å². The van der Waals surface area contributed by atoms with Crippen molar-refractivity contribution in [2.24, 2.45) is 10.8 Å². The van der Waals surface area contributed by atoms with Gasteiger partial charge in [0.15, 0.2) is 10.3 Å². The number of amides is 6. The Morgan fingerprint density at radius 1 is 0.700 bits per heavy atom. The second kappa shape index (κ2) is 27.3. The summed E-state index contributed by atoms with van der Waals surface area (Å²) in [6.45, 7) is 27.7. The summed E-state index contributed by atoms with van der Waals surface area (Å²) in [6.07, 6.45) is 7.98. The maximum Gasteiger partial charge on any atom is 0.257 e. The first-order valence-corrected chi connectivity index (χ1v) is 29.9. The first kappa shape index (κ1) is 61.1. The number of nitrogens with zero attached hydrogens (tertiary/aromatic N) is 6. The number of hydrogen-bond acceptors (Lipinski definition) is 15. The van der Waals surface area contributed by atoms with Crippen molar-refractivity contribution in [3.63, 3.8) is 0 Å². The maximum absolute atomic E-state index is 14.5. The average Bonchev–Trinajstić information content (AvgIpc) is 3.90. The minimum absolute atomic E-state index is 0.0189. The van der Waals surface area contributed by atoms with Gasteiger partial charge in [-0.2, -0.15) is 0 Å². The highest BCUT2D eigenvalue weighted by molar-refractivity contribution is 8.01. The summed E-state index contributed by atoms with van der Waals surface area (Å²) in [7, 11) is 1.55. The van der Waals surface area contributed by atoms with Gasteiger partial charge in [-0.05, 0) is 111 Å². The second-order valence-corrected chi connectivity index (χ2v) is 26.2. The van der Waals surface area contributed by atoms with Crippen molar-refractivity contribution in [3.8, 4) is 11.5 Å². The monoisotopic (exact) mass is 1160 g/mol. The van der Waals surface area contributed by atoms with Crippen molar-refractivity contribution < 1.29 is 38.2 Å². The standard InChI is InChI=1S/C59H73N9O8S4/c1-12-48(69)65-20-15-22-67(26-24-65)53(72)42-32-46(37(3)29-44(42)75-11)77-50-35-61-56(79-50)63-52(71)41-18-14-17-40(31-41)34-60-39(5)59(9,10)19-28-76-45-30-38(4)47(78-51-36-62-57(80-51)64-55(74)58(6,7)8)33-43(45)54(73)68-23-16-21-66(25-27-68)49(70)13-2/h12-14,17-18,29-33,35-36,39,60H,1-2,15-16,19-28,34H2,3-11H3,(H,61,63,71)(H,62,64,74)/t39-/m1/s1. The molecular weight excluding hydrogens is 1090 g/mol. The molecule has 2 fully saturated rings. The Balaban J connectivity index is 0.956. The highest BCUT2D eigenvalue weighted by Gasteiger charge is 2.30. The number of aryl methyl sites for hydroxylation is 2. The minimum atomic E-state index is -0.574. The fraction of sp³-hybridized carbons (Fsp3) is 0.424. The van der Waals surface area contributed by atoms with E-state index in [1.165, 1.54) is 58.3 Å². The molecule has 80 heavy (non-hydrogen) atoms. The van der Waals surface area contributed by atoms with Crippen LogP contribution in [0.25, 0.3) is 0 Å². The number of hydrogen-bond donors (Lipinski definition) is 3. The quantitative estimate of drug-likeness (QED) is 0.0624. The van der Waals surface area contributed by atoms with E-state index in [-0.39, 0.29) is 46.9 Å². The third-order valence-electron chi connectivity index (χ3n) is 14.3. The molecule has 3 aromatic carbocycles. The molecule has 0 spiro atoms. The summed E-state index contributed by atoms with van der Waals surface area (Å²) in [4.78, 5) is 97.0. The lowest BCUT2D eigenvalue weighted by molar-refractivity contribution is -0.126. The highest BCUT2D eigenvalue weighted by Crippen LogP contribution is 2.41. The van der Waals surface area contributed by atoms with Gasteiger partial charge in [-0.3, -0.25) is 34.1 Å². The van der Waals surface area contributed by atoms with Gasteiger partial charge >= 0.3 is 0 Å². The van der Waals surface area contributed by atoms with Gasteiger partial charge < -0.3 is 39.7 Å². The summed E-state index contributed by atoms with van der Waals surface area (Å²) in [5, 5.41) is 10.5. The molecule has 5 aromatic rings. The van der Waals surface area contributed by atoms with Crippen molar-refractivity contribution in [2.45, 2.75) is 105 Å². The zero-order valence-corrected chi connectivity index (χ0v) is 50.5. The number of carbonyl (C=O) groups is 6. The normalized spacial score (nSPS) is 14.6. The summed E-state index contributed by atoms with van der Waals surface area (Å²) in [5.41, 5.74) is 3.30. The lowest BCUT2D eigenvalue weighted by atomic mass is 9.82. The predicted octanol–water partition coefficient (Wildman–Crippen LogP) is 10.5. The zero-order chi connectivity index (χ0) is 57.9. The van der Waals surface area contributed by atoms with E-state index in [0.717, 1.165) is 34.9 Å². The topological polar surface area (TPSA) is 196 Å². The Kier molecular flexibility index (Phi) is 20.8. The lowest BCUT2D eigenvalue weighted by Gasteiger charge is -2.33. The molecule has 17 nitrogen and oxygen atoms in total. The molecule has 0 radical (unpaired) electrons. The van der Waals surface area contributed by atoms with Gasteiger partial charge in [0.05, 0.1) is 45.7 Å². The molecule has 2 aliphatic heterocycles. The molecule has 0 aliphatic carbocycles. The number of anilines is 2. The van der Waals surface area contributed by atoms with E-state index in [2.05, 4.69) is 59.8 Å². The van der Waals surface area contributed by atoms with E-state index in [1.54, 1.807) is 45.2 Å². The number of thiazole rings is 2. The van der Waals surface area contributed by atoms with Crippen LogP contribution in [-0.4, -0.2) is 137 Å². The Morgan fingerprint density at radius 2 is 1.20 bits per heavy atom. The molecular formula is C59H73N9O8S4. The largest absolute Gasteiger partial charge is 0.496 e. The van der Waals surface area contributed by atoms with E-state index in [4.69, 9.17) is 9.47 Å². The van der Waals surface area contributed by atoms with Crippen molar-refractivity contribution in [1.82, 2.24) is 34.9 Å². The van der Waals surface area contributed by atoms with Crippen molar-refractivity contribution in [3.05, 3.63) is 120 Å². The Morgan fingerprint density at radius 3 is 1.73 bits per heavy atom. The fourth-order valence-electron chi connectivity index (χ4n) is 8.86. The van der Waals surface area contributed by atoms with Crippen LogP contribution < -0.4 is 25.4 Å². The predicted molar refractivity (Wildman–Crippen MR) is 319 cm³/mol. The summed E-state index contributed by atoms with van der Waals surface area (Å²) < 4.78 is 13.9. The van der Waals surface area contributed by atoms with Crippen LogP contribution in [0.15, 0.2) is 104 Å². The third-order valence-corrected chi connectivity index (χ3v) is 18.6. The van der Waals surface area contributed by atoms with Crippen LogP contribution in [0.4, 0.5) is 10.3 Å². The molecule has 2 aromatic heterocycles. The van der Waals surface area contributed by atoms with Gasteiger partial charge in [-0.15, -0.1) is 0 Å². The van der Waals surface area contributed by atoms with Crippen LogP contribution in [0.1, 0.15) is 109 Å².